The predicted molar refractivity (Wildman–Crippen MR) is 77.1 cm³/mol. The van der Waals surface area contributed by atoms with Gasteiger partial charge in [0.1, 0.15) is 11.2 Å². The van der Waals surface area contributed by atoms with Crippen molar-refractivity contribution in [3.05, 3.63) is 41.6 Å². The first-order valence-corrected chi connectivity index (χ1v) is 6.93. The van der Waals surface area contributed by atoms with E-state index in [1.165, 1.54) is 0 Å². The Hall–Kier alpha value is -2.63. The summed E-state index contributed by atoms with van der Waals surface area (Å²) in [5, 5.41) is 9.52. The minimum absolute atomic E-state index is 0.0521. The molecular formula is C15H14N4O2. The van der Waals surface area contributed by atoms with Crippen LogP contribution in [-0.4, -0.2) is 28.6 Å². The minimum Gasteiger partial charge on any atom is -0.311 e. The van der Waals surface area contributed by atoms with Gasteiger partial charge in [-0.3, -0.25) is 14.7 Å². The highest BCUT2D eigenvalue weighted by Gasteiger charge is 2.56. The van der Waals surface area contributed by atoms with Gasteiger partial charge in [0, 0.05) is 24.2 Å². The van der Waals surface area contributed by atoms with E-state index < -0.39 is 5.41 Å². The van der Waals surface area contributed by atoms with Gasteiger partial charge in [-0.2, -0.15) is 5.10 Å². The summed E-state index contributed by atoms with van der Waals surface area (Å²) in [6.07, 6.45) is 1.76. The summed E-state index contributed by atoms with van der Waals surface area (Å²) in [6.45, 7) is 2.51. The van der Waals surface area contributed by atoms with Crippen molar-refractivity contribution in [1.82, 2.24) is 10.2 Å². The fourth-order valence-electron chi connectivity index (χ4n) is 3.49. The molecule has 1 aromatic carbocycles. The van der Waals surface area contributed by atoms with E-state index in [1.54, 1.807) is 11.1 Å². The zero-order chi connectivity index (χ0) is 14.6. The van der Waals surface area contributed by atoms with E-state index in [0.29, 0.717) is 12.4 Å². The molecule has 2 aliphatic heterocycles. The molecule has 6 nitrogen and oxygen atoms in total. The Morgan fingerprint density at radius 3 is 2.90 bits per heavy atom. The highest BCUT2D eigenvalue weighted by atomic mass is 16.2. The van der Waals surface area contributed by atoms with Crippen LogP contribution in [0.4, 0.5) is 11.5 Å². The number of carbonyl (C=O) groups is 2. The van der Waals surface area contributed by atoms with Gasteiger partial charge in [0.05, 0.1) is 6.20 Å². The van der Waals surface area contributed by atoms with Crippen LogP contribution in [-0.2, 0) is 15.0 Å². The van der Waals surface area contributed by atoms with Crippen molar-refractivity contribution >= 4 is 23.3 Å². The van der Waals surface area contributed by atoms with Crippen LogP contribution in [0.2, 0.25) is 0 Å². The van der Waals surface area contributed by atoms with Crippen LogP contribution < -0.4 is 10.2 Å². The molecule has 2 amide bonds. The van der Waals surface area contributed by atoms with Gasteiger partial charge in [-0.25, -0.2) is 0 Å². The van der Waals surface area contributed by atoms with Gasteiger partial charge < -0.3 is 10.2 Å². The van der Waals surface area contributed by atoms with Gasteiger partial charge >= 0.3 is 0 Å². The lowest BCUT2D eigenvalue weighted by molar-refractivity contribution is -0.126. The third-order valence-electron chi connectivity index (χ3n) is 4.37. The number of nitrogens with zero attached hydrogens (tertiary/aromatic N) is 2. The molecule has 4 rings (SSSR count). The first-order chi connectivity index (χ1) is 10.2. The molecule has 0 fully saturated rings. The molecule has 2 N–H and O–H groups in total. The van der Waals surface area contributed by atoms with Crippen molar-refractivity contribution in [3.63, 3.8) is 0 Å². The topological polar surface area (TPSA) is 78.1 Å². The molecule has 1 atom stereocenters. The lowest BCUT2D eigenvalue weighted by Crippen LogP contribution is -2.46. The number of carbonyl (C=O) groups excluding carboxylic acids is 2. The number of nitrogens with one attached hydrogen (secondary N) is 2. The van der Waals surface area contributed by atoms with Crippen molar-refractivity contribution in [2.75, 3.05) is 16.8 Å². The van der Waals surface area contributed by atoms with E-state index in [9.17, 15) is 9.59 Å². The third kappa shape index (κ3) is 1.34. The van der Waals surface area contributed by atoms with E-state index in [-0.39, 0.29) is 18.2 Å². The molecule has 2 aromatic rings. The number of aromatic amines is 1. The normalized spacial score (nSPS) is 23.2. The van der Waals surface area contributed by atoms with E-state index >= 15 is 0 Å². The maximum atomic E-state index is 13.1. The summed E-state index contributed by atoms with van der Waals surface area (Å²) >= 11 is 0. The molecule has 0 bridgehead atoms. The largest absolute Gasteiger partial charge is 0.311 e. The Kier molecular flexibility index (Phi) is 2.28. The molecule has 1 aromatic heterocycles. The summed E-state index contributed by atoms with van der Waals surface area (Å²) in [5.41, 5.74) is 1.56. The Morgan fingerprint density at radius 2 is 2.10 bits per heavy atom. The molecule has 1 spiro atoms. The van der Waals surface area contributed by atoms with Gasteiger partial charge in [0.15, 0.2) is 0 Å². The molecule has 21 heavy (non-hydrogen) atoms. The van der Waals surface area contributed by atoms with Crippen LogP contribution in [0.5, 0.6) is 0 Å². The Balaban J connectivity index is 2.05. The fourth-order valence-corrected chi connectivity index (χ4v) is 3.49. The van der Waals surface area contributed by atoms with Gasteiger partial charge in [0.25, 0.3) is 0 Å². The number of rotatable bonds is 1. The molecule has 0 saturated heterocycles. The second-order valence-electron chi connectivity index (χ2n) is 5.36. The maximum absolute atomic E-state index is 13.1. The van der Waals surface area contributed by atoms with Crippen molar-refractivity contribution in [2.24, 2.45) is 0 Å². The van der Waals surface area contributed by atoms with E-state index in [2.05, 4.69) is 15.5 Å². The van der Waals surface area contributed by atoms with Crippen LogP contribution in [0.15, 0.2) is 30.5 Å². The van der Waals surface area contributed by atoms with Crippen LogP contribution in [0, 0.1) is 0 Å². The van der Waals surface area contributed by atoms with Gasteiger partial charge in [-0.15, -0.1) is 0 Å². The van der Waals surface area contributed by atoms with Crippen molar-refractivity contribution in [2.45, 2.75) is 18.8 Å². The summed E-state index contributed by atoms with van der Waals surface area (Å²) in [7, 11) is 0. The smallest absolute Gasteiger partial charge is 0.242 e. The standard InChI is InChI=1S/C15H14N4O2/c1-2-19-11-6-4-3-5-9(11)15(14(19)21)7-12(20)17-13-10(15)8-16-18-13/h3-6,8H,2,7H2,1H3,(H2,16,17,18,20)/t15-/m0/s1. The summed E-state index contributed by atoms with van der Waals surface area (Å²) in [6, 6.07) is 7.67. The molecule has 0 unspecified atom stereocenters. The number of hydrogen-bond acceptors (Lipinski definition) is 3. The number of aromatic nitrogens is 2. The van der Waals surface area contributed by atoms with Gasteiger partial charge in [0.2, 0.25) is 11.8 Å². The second kappa shape index (κ2) is 3.94. The molecular weight excluding hydrogens is 268 g/mol. The number of fused-ring (bicyclic) bond motifs is 4. The molecule has 106 valence electrons. The molecule has 0 radical (unpaired) electrons. The van der Waals surface area contributed by atoms with Crippen molar-refractivity contribution in [1.29, 1.82) is 0 Å². The van der Waals surface area contributed by atoms with Crippen molar-refractivity contribution < 1.29 is 9.59 Å². The minimum atomic E-state index is -0.947. The van der Waals surface area contributed by atoms with E-state index in [1.807, 2.05) is 31.2 Å². The monoisotopic (exact) mass is 282 g/mol. The van der Waals surface area contributed by atoms with Crippen LogP contribution in [0.1, 0.15) is 24.5 Å². The van der Waals surface area contributed by atoms with Gasteiger partial charge in [-0.05, 0) is 18.6 Å². The molecule has 0 aliphatic carbocycles. The summed E-state index contributed by atoms with van der Waals surface area (Å²) in [5.74, 6) is 0.295. The molecule has 6 heteroatoms. The second-order valence-corrected chi connectivity index (χ2v) is 5.36. The number of benzene rings is 1. The lowest BCUT2D eigenvalue weighted by Gasteiger charge is -2.31. The Morgan fingerprint density at radius 1 is 1.29 bits per heavy atom. The zero-order valence-electron chi connectivity index (χ0n) is 11.5. The lowest BCUT2D eigenvalue weighted by atomic mass is 9.72. The fraction of sp³-hybridized carbons (Fsp3) is 0.267. The average Bonchev–Trinajstić information content (AvgIpc) is 3.03. The first kappa shape index (κ1) is 12.1. The molecule has 0 saturated carbocycles. The van der Waals surface area contributed by atoms with Crippen molar-refractivity contribution in [3.8, 4) is 0 Å². The highest BCUT2D eigenvalue weighted by Crippen LogP contribution is 2.51. The average molecular weight is 282 g/mol. The number of hydrogen-bond donors (Lipinski definition) is 2. The highest BCUT2D eigenvalue weighted by molar-refractivity contribution is 6.15. The van der Waals surface area contributed by atoms with Crippen LogP contribution >= 0.6 is 0 Å². The molecule has 2 aliphatic rings. The summed E-state index contributed by atoms with van der Waals surface area (Å²) < 4.78 is 0. The van der Waals surface area contributed by atoms with Crippen LogP contribution in [0.25, 0.3) is 0 Å². The van der Waals surface area contributed by atoms with Gasteiger partial charge in [-0.1, -0.05) is 18.2 Å². The number of amides is 2. The van der Waals surface area contributed by atoms with E-state index in [4.69, 9.17) is 0 Å². The SMILES string of the molecule is CCN1C(=O)[C@@]2(CC(=O)Nc3[nH]ncc32)c2ccccc21. The Labute approximate surface area is 121 Å². The predicted octanol–water partition coefficient (Wildman–Crippen LogP) is 1.40. The number of H-pyrrole nitrogens is 1. The number of likely N-dealkylation sites (N-methyl/N-ethyl adjacent to an activating group) is 1. The van der Waals surface area contributed by atoms with Crippen LogP contribution in [0.3, 0.4) is 0 Å². The quantitative estimate of drug-likeness (QED) is 0.830. The molecule has 3 heterocycles. The zero-order valence-corrected chi connectivity index (χ0v) is 11.5. The number of anilines is 2. The van der Waals surface area contributed by atoms with E-state index in [0.717, 1.165) is 16.8 Å². The number of para-hydroxylation sites is 1. The first-order valence-electron chi connectivity index (χ1n) is 6.93. The maximum Gasteiger partial charge on any atom is 0.242 e. The summed E-state index contributed by atoms with van der Waals surface area (Å²) in [4.78, 5) is 26.9. The Bertz CT molecular complexity index is 767. The third-order valence-corrected chi connectivity index (χ3v) is 4.37.